The summed E-state index contributed by atoms with van der Waals surface area (Å²) in [5.41, 5.74) is 7.19. The zero-order chi connectivity index (χ0) is 28.2. The summed E-state index contributed by atoms with van der Waals surface area (Å²) >= 11 is 0. The quantitative estimate of drug-likeness (QED) is 0.426. The Labute approximate surface area is 225 Å². The second-order valence-electron chi connectivity index (χ2n) is 8.30. The van der Waals surface area contributed by atoms with Crippen LogP contribution in [0.25, 0.3) is 0 Å². The number of methoxy groups -OCH3 is 2. The molecular weight excluding hydrogens is 520 g/mol. The molecule has 198 valence electrons. The van der Waals surface area contributed by atoms with E-state index in [1.807, 2.05) is 0 Å². The van der Waals surface area contributed by atoms with Gasteiger partial charge in [0.15, 0.2) is 0 Å². The van der Waals surface area contributed by atoms with Gasteiger partial charge in [0.1, 0.15) is 11.5 Å². The molecule has 0 saturated heterocycles. The highest BCUT2D eigenvalue weighted by Gasteiger charge is 2.43. The molecule has 1 aliphatic rings. The molecule has 0 amide bonds. The van der Waals surface area contributed by atoms with Crippen molar-refractivity contribution in [3.8, 4) is 6.07 Å². The lowest BCUT2D eigenvalue weighted by atomic mass is 9.81. The molecule has 1 heterocycles. The number of nitrogens with one attached hydrogen (secondary N) is 1. The lowest BCUT2D eigenvalue weighted by molar-refractivity contribution is -0.139. The van der Waals surface area contributed by atoms with E-state index in [2.05, 4.69) is 10.8 Å². The fraction of sp³-hybridized carbons (Fsp3) is 0.107. The second-order valence-corrected chi connectivity index (χ2v) is 9.98. The first-order valence-corrected chi connectivity index (χ1v) is 13.0. The zero-order valence-corrected chi connectivity index (χ0v) is 21.8. The van der Waals surface area contributed by atoms with Crippen molar-refractivity contribution in [3.63, 3.8) is 0 Å². The first-order valence-electron chi connectivity index (χ1n) is 11.6. The summed E-state index contributed by atoms with van der Waals surface area (Å²) in [7, 11) is -1.64. The van der Waals surface area contributed by atoms with Crippen LogP contribution in [0.5, 0.6) is 0 Å². The van der Waals surface area contributed by atoms with E-state index < -0.39 is 27.9 Å². The van der Waals surface area contributed by atoms with Crippen molar-refractivity contribution < 1.29 is 27.5 Å². The van der Waals surface area contributed by atoms with E-state index in [9.17, 15) is 23.3 Å². The lowest BCUT2D eigenvalue weighted by Crippen LogP contribution is -2.40. The molecule has 3 aromatic rings. The van der Waals surface area contributed by atoms with Gasteiger partial charge >= 0.3 is 11.9 Å². The van der Waals surface area contributed by atoms with Crippen molar-refractivity contribution in [1.82, 2.24) is 0 Å². The summed E-state index contributed by atoms with van der Waals surface area (Å²) in [4.78, 5) is 27.4. The number of hydrogen-bond acceptors (Lipinski definition) is 9. The number of rotatable bonds is 7. The molecule has 1 unspecified atom stereocenters. The van der Waals surface area contributed by atoms with Crippen LogP contribution in [0.2, 0.25) is 0 Å². The van der Waals surface area contributed by atoms with Crippen molar-refractivity contribution in [2.45, 2.75) is 10.8 Å². The Balaban J connectivity index is 1.87. The smallest absolute Gasteiger partial charge is 0.355 e. The minimum absolute atomic E-state index is 0.00306. The molecule has 0 aliphatic carbocycles. The van der Waals surface area contributed by atoms with Gasteiger partial charge in [0.25, 0.3) is 10.0 Å². The van der Waals surface area contributed by atoms with E-state index >= 15 is 0 Å². The number of nitriles is 1. The maximum absolute atomic E-state index is 13.1. The number of hydrogen-bond donors (Lipinski definition) is 2. The van der Waals surface area contributed by atoms with E-state index in [1.165, 1.54) is 29.2 Å². The first-order chi connectivity index (χ1) is 18.7. The molecule has 0 radical (unpaired) electrons. The van der Waals surface area contributed by atoms with E-state index in [0.717, 1.165) is 14.2 Å². The van der Waals surface area contributed by atoms with Crippen molar-refractivity contribution >= 4 is 33.3 Å². The van der Waals surface area contributed by atoms with Gasteiger partial charge in [-0.15, -0.1) is 0 Å². The fourth-order valence-corrected chi connectivity index (χ4v) is 5.33. The molecule has 1 aliphatic heterocycles. The van der Waals surface area contributed by atoms with Crippen LogP contribution in [0, 0.1) is 11.3 Å². The molecule has 0 aromatic heterocycles. The normalized spacial score (nSPS) is 15.4. The Kier molecular flexibility index (Phi) is 7.69. The molecular formula is C28H24N4O6S. The van der Waals surface area contributed by atoms with Crippen LogP contribution in [0.4, 0.5) is 11.4 Å². The molecule has 39 heavy (non-hydrogen) atoms. The van der Waals surface area contributed by atoms with Gasteiger partial charge in [0.05, 0.1) is 42.2 Å². The van der Waals surface area contributed by atoms with Crippen molar-refractivity contribution in [1.29, 1.82) is 5.26 Å². The Morgan fingerprint density at radius 1 is 0.897 bits per heavy atom. The van der Waals surface area contributed by atoms with Crippen LogP contribution in [-0.2, 0) is 29.1 Å². The van der Waals surface area contributed by atoms with Gasteiger partial charge in [-0.05, 0) is 42.0 Å². The first kappa shape index (κ1) is 27.0. The molecule has 11 heteroatoms. The summed E-state index contributed by atoms with van der Waals surface area (Å²) < 4.78 is 38.3. The van der Waals surface area contributed by atoms with Gasteiger partial charge in [0.2, 0.25) is 0 Å². The second kappa shape index (κ2) is 11.1. The summed E-state index contributed by atoms with van der Waals surface area (Å²) in [5.74, 6) is -2.90. The molecule has 4 rings (SSSR count). The number of benzene rings is 3. The van der Waals surface area contributed by atoms with Gasteiger partial charge in [0, 0.05) is 11.4 Å². The van der Waals surface area contributed by atoms with Gasteiger partial charge in [-0.25, -0.2) is 18.0 Å². The summed E-state index contributed by atoms with van der Waals surface area (Å²) in [6.45, 7) is 0. The Hall–Kier alpha value is -5.08. The molecule has 0 saturated carbocycles. The molecule has 3 aromatic carbocycles. The highest BCUT2D eigenvalue weighted by atomic mass is 32.2. The van der Waals surface area contributed by atoms with Crippen LogP contribution in [0.1, 0.15) is 11.5 Å². The lowest BCUT2D eigenvalue weighted by Gasteiger charge is -2.35. The monoisotopic (exact) mass is 544 g/mol. The summed E-state index contributed by atoms with van der Waals surface area (Å²) in [6, 6.07) is 24.5. The highest BCUT2D eigenvalue weighted by Crippen LogP contribution is 2.43. The van der Waals surface area contributed by atoms with Gasteiger partial charge < -0.3 is 15.2 Å². The number of nitrogens with zero attached hydrogens (tertiary/aromatic N) is 2. The van der Waals surface area contributed by atoms with E-state index in [0.29, 0.717) is 11.3 Å². The predicted molar refractivity (Wildman–Crippen MR) is 143 cm³/mol. The van der Waals surface area contributed by atoms with E-state index in [-0.39, 0.29) is 33.2 Å². The van der Waals surface area contributed by atoms with Crippen molar-refractivity contribution in [2.75, 3.05) is 23.8 Å². The number of ether oxygens (including phenoxy) is 2. The maximum atomic E-state index is 13.1. The Bertz CT molecular complexity index is 1610. The summed E-state index contributed by atoms with van der Waals surface area (Å²) in [6.07, 6.45) is 0. The fourth-order valence-electron chi connectivity index (χ4n) is 4.28. The van der Waals surface area contributed by atoms with Gasteiger partial charge in [-0.3, -0.25) is 9.62 Å². The standard InChI is InChI=1S/C28H24N4O6S/c1-37-27(33)24-23(18-9-5-3-6-10-18)22(17-29)26(30)32(25(24)28(34)38-2)20-13-15-21(16-14-20)39(35,36)31-19-11-7-4-8-12-19/h3-16,23,31H,30H2,1-2H3. The third-order valence-electron chi connectivity index (χ3n) is 6.04. The van der Waals surface area contributed by atoms with Crippen LogP contribution >= 0.6 is 0 Å². The third-order valence-corrected chi connectivity index (χ3v) is 7.44. The van der Waals surface area contributed by atoms with Crippen LogP contribution in [0.3, 0.4) is 0 Å². The number of allylic oxidation sites excluding steroid dienone is 1. The van der Waals surface area contributed by atoms with Crippen LogP contribution < -0.4 is 15.4 Å². The number of sulfonamides is 1. The van der Waals surface area contributed by atoms with Gasteiger partial charge in [-0.1, -0.05) is 48.5 Å². The molecule has 0 fully saturated rings. The van der Waals surface area contributed by atoms with Crippen LogP contribution in [0.15, 0.2) is 112 Å². The van der Waals surface area contributed by atoms with Gasteiger partial charge in [-0.2, -0.15) is 5.26 Å². The average molecular weight is 545 g/mol. The third kappa shape index (κ3) is 5.18. The Morgan fingerprint density at radius 3 is 2.00 bits per heavy atom. The summed E-state index contributed by atoms with van der Waals surface area (Å²) in [5, 5.41) is 10.1. The zero-order valence-electron chi connectivity index (χ0n) is 21.0. The number of nitrogens with two attached hydrogens (primary N) is 1. The maximum Gasteiger partial charge on any atom is 0.355 e. The molecule has 0 bridgehead atoms. The largest absolute Gasteiger partial charge is 0.466 e. The number of para-hydroxylation sites is 1. The molecule has 0 spiro atoms. The minimum atomic E-state index is -3.94. The minimum Gasteiger partial charge on any atom is -0.466 e. The number of carbonyl (C=O) groups is 2. The number of carbonyl (C=O) groups excluding carboxylic acids is 2. The number of anilines is 2. The van der Waals surface area contributed by atoms with E-state index in [1.54, 1.807) is 60.7 Å². The van der Waals surface area contributed by atoms with E-state index in [4.69, 9.17) is 15.2 Å². The average Bonchev–Trinajstić information content (AvgIpc) is 2.96. The molecule has 3 N–H and O–H groups in total. The predicted octanol–water partition coefficient (Wildman–Crippen LogP) is 3.39. The Morgan fingerprint density at radius 2 is 1.46 bits per heavy atom. The van der Waals surface area contributed by atoms with Crippen molar-refractivity contribution in [3.05, 3.63) is 113 Å². The van der Waals surface area contributed by atoms with Crippen LogP contribution in [-0.4, -0.2) is 34.6 Å². The van der Waals surface area contributed by atoms with Crippen molar-refractivity contribution in [2.24, 2.45) is 5.73 Å². The SMILES string of the molecule is COC(=O)C1=C(C(=O)OC)N(c2ccc(S(=O)(=O)Nc3ccccc3)cc2)C(N)=C(C#N)C1c1ccccc1. The highest BCUT2D eigenvalue weighted by molar-refractivity contribution is 7.92. The topological polar surface area (TPSA) is 152 Å². The number of esters is 2. The molecule has 1 atom stereocenters. The molecule has 10 nitrogen and oxygen atoms in total.